The quantitative estimate of drug-likeness (QED) is 0.792. The lowest BCUT2D eigenvalue weighted by Crippen LogP contribution is -1.83. The Labute approximate surface area is 83.9 Å². The second-order valence-electron chi connectivity index (χ2n) is 2.31. The van der Waals surface area contributed by atoms with Crippen LogP contribution in [0, 0.1) is 0 Å². The van der Waals surface area contributed by atoms with Crippen LogP contribution < -0.4 is 0 Å². The highest BCUT2D eigenvalue weighted by atomic mass is 35.5. The third kappa shape index (κ3) is 1.64. The van der Waals surface area contributed by atoms with Crippen LogP contribution >= 0.6 is 23.2 Å². The Kier molecular flexibility index (Phi) is 2.16. The van der Waals surface area contributed by atoms with Gasteiger partial charge in [-0.15, -0.1) is 0 Å². The molecule has 13 heavy (non-hydrogen) atoms. The van der Waals surface area contributed by atoms with E-state index < -0.39 is 0 Å². The van der Waals surface area contributed by atoms with Crippen molar-refractivity contribution in [2.45, 2.75) is 0 Å². The molecule has 4 nitrogen and oxygen atoms in total. The number of rotatable bonds is 1. The molecule has 0 atom stereocenters. The van der Waals surface area contributed by atoms with Crippen LogP contribution in [0.4, 0.5) is 0 Å². The highest BCUT2D eigenvalue weighted by molar-refractivity contribution is 6.33. The van der Waals surface area contributed by atoms with E-state index in [4.69, 9.17) is 23.2 Å². The predicted octanol–water partition coefficient (Wildman–Crippen LogP) is 2.17. The maximum absolute atomic E-state index is 5.87. The zero-order chi connectivity index (χ0) is 9.26. The van der Waals surface area contributed by atoms with Crippen LogP contribution in [0.2, 0.25) is 10.3 Å². The molecule has 66 valence electrons. The number of nitrogens with zero attached hydrogens (tertiary/aromatic N) is 3. The van der Waals surface area contributed by atoms with Gasteiger partial charge in [0.1, 0.15) is 0 Å². The fraction of sp³-hybridized carbons (Fsp3) is 0. The fourth-order valence-corrected chi connectivity index (χ4v) is 1.25. The number of nitrogens with one attached hydrogen (secondary N) is 1. The van der Waals surface area contributed by atoms with Gasteiger partial charge in [0.05, 0.1) is 5.02 Å². The van der Waals surface area contributed by atoms with Gasteiger partial charge in [-0.1, -0.05) is 11.6 Å². The van der Waals surface area contributed by atoms with E-state index in [1.807, 2.05) is 0 Å². The van der Waals surface area contributed by atoms with E-state index in [-0.39, 0.29) is 5.28 Å². The number of H-pyrrole nitrogens is 1. The van der Waals surface area contributed by atoms with Crippen molar-refractivity contribution in [3.8, 4) is 11.4 Å². The summed E-state index contributed by atoms with van der Waals surface area (Å²) < 4.78 is 0. The van der Waals surface area contributed by atoms with E-state index in [0.717, 1.165) is 0 Å². The maximum Gasteiger partial charge on any atom is 0.218 e. The van der Waals surface area contributed by atoms with Crippen molar-refractivity contribution >= 4 is 23.2 Å². The lowest BCUT2D eigenvalue weighted by molar-refractivity contribution is 1.09. The monoisotopic (exact) mass is 214 g/mol. The topological polar surface area (TPSA) is 54.5 Å². The van der Waals surface area contributed by atoms with E-state index in [2.05, 4.69) is 20.2 Å². The average molecular weight is 215 g/mol. The normalized spacial score (nSPS) is 10.3. The van der Waals surface area contributed by atoms with Gasteiger partial charge in [0.25, 0.3) is 0 Å². The zero-order valence-electron chi connectivity index (χ0n) is 6.33. The second kappa shape index (κ2) is 3.32. The number of aromatic amines is 1. The van der Waals surface area contributed by atoms with Gasteiger partial charge in [-0.25, -0.2) is 5.10 Å². The van der Waals surface area contributed by atoms with Crippen molar-refractivity contribution in [2.75, 3.05) is 0 Å². The molecule has 0 saturated carbocycles. The summed E-state index contributed by atoms with van der Waals surface area (Å²) >= 11 is 11.4. The van der Waals surface area contributed by atoms with Crippen LogP contribution in [0.5, 0.6) is 0 Å². The molecule has 2 rings (SSSR count). The third-order valence-corrected chi connectivity index (χ3v) is 1.94. The molecular weight excluding hydrogens is 211 g/mol. The number of aromatic nitrogens is 4. The smallest absolute Gasteiger partial charge is 0.218 e. The number of hydrogen-bond donors (Lipinski definition) is 1. The van der Waals surface area contributed by atoms with E-state index in [9.17, 15) is 0 Å². The van der Waals surface area contributed by atoms with Crippen molar-refractivity contribution in [1.82, 2.24) is 20.2 Å². The van der Waals surface area contributed by atoms with Gasteiger partial charge in [0, 0.05) is 18.0 Å². The van der Waals surface area contributed by atoms with E-state index >= 15 is 0 Å². The summed E-state index contributed by atoms with van der Waals surface area (Å²) in [6.07, 6.45) is 3.15. The highest BCUT2D eigenvalue weighted by Gasteiger charge is 2.07. The van der Waals surface area contributed by atoms with Crippen molar-refractivity contribution < 1.29 is 0 Å². The molecular formula is C7H4Cl2N4. The molecule has 2 heterocycles. The number of hydrogen-bond acceptors (Lipinski definition) is 3. The first-order valence-corrected chi connectivity index (χ1v) is 4.21. The van der Waals surface area contributed by atoms with Crippen LogP contribution in [0.25, 0.3) is 11.4 Å². The summed E-state index contributed by atoms with van der Waals surface area (Å²) in [7, 11) is 0. The molecule has 0 unspecified atom stereocenters. The van der Waals surface area contributed by atoms with Crippen molar-refractivity contribution in [3.05, 3.63) is 28.8 Å². The zero-order valence-corrected chi connectivity index (χ0v) is 7.84. The second-order valence-corrected chi connectivity index (χ2v) is 3.07. The lowest BCUT2D eigenvalue weighted by Gasteiger charge is -1.95. The van der Waals surface area contributed by atoms with Gasteiger partial charge in [-0.05, 0) is 17.7 Å². The standard InChI is InChI=1S/C7H4Cl2N4/c8-5-3-10-2-1-4(5)6-11-7(9)13-12-6/h1-3H,(H,11,12,13). The first kappa shape index (κ1) is 8.47. The Morgan fingerprint density at radius 1 is 1.31 bits per heavy atom. The minimum absolute atomic E-state index is 0.239. The molecule has 0 aliphatic heterocycles. The largest absolute Gasteiger partial charge is 0.263 e. The third-order valence-electron chi connectivity index (χ3n) is 1.47. The molecule has 0 amide bonds. The predicted molar refractivity (Wildman–Crippen MR) is 49.6 cm³/mol. The van der Waals surface area contributed by atoms with Gasteiger partial charge in [-0.2, -0.15) is 10.1 Å². The van der Waals surface area contributed by atoms with Gasteiger partial charge in [-0.3, -0.25) is 4.98 Å². The first-order chi connectivity index (χ1) is 6.27. The molecule has 2 aromatic heterocycles. The van der Waals surface area contributed by atoms with Crippen LogP contribution in [-0.4, -0.2) is 20.2 Å². The molecule has 6 heteroatoms. The number of pyridine rings is 1. The Bertz CT molecular complexity index is 426. The van der Waals surface area contributed by atoms with Crippen LogP contribution in [0.1, 0.15) is 0 Å². The SMILES string of the molecule is Clc1nc(-c2ccncc2Cl)n[nH]1. The van der Waals surface area contributed by atoms with Crippen molar-refractivity contribution in [3.63, 3.8) is 0 Å². The molecule has 0 fully saturated rings. The molecule has 0 aliphatic rings. The summed E-state index contributed by atoms with van der Waals surface area (Å²) in [5.41, 5.74) is 0.708. The van der Waals surface area contributed by atoms with Gasteiger partial charge in [0.2, 0.25) is 5.28 Å². The van der Waals surface area contributed by atoms with Crippen molar-refractivity contribution in [2.24, 2.45) is 0 Å². The average Bonchev–Trinajstić information content (AvgIpc) is 2.53. The Morgan fingerprint density at radius 2 is 2.15 bits per heavy atom. The maximum atomic E-state index is 5.87. The highest BCUT2D eigenvalue weighted by Crippen LogP contribution is 2.23. The summed E-state index contributed by atoms with van der Waals surface area (Å²) in [5.74, 6) is 0.470. The molecule has 1 N–H and O–H groups in total. The first-order valence-electron chi connectivity index (χ1n) is 3.45. The molecule has 0 radical (unpaired) electrons. The van der Waals surface area contributed by atoms with Gasteiger partial charge >= 0.3 is 0 Å². The molecule has 0 aliphatic carbocycles. The summed E-state index contributed by atoms with van der Waals surface area (Å²) in [4.78, 5) is 7.77. The summed E-state index contributed by atoms with van der Waals surface area (Å²) in [6, 6.07) is 1.72. The van der Waals surface area contributed by atoms with Gasteiger partial charge < -0.3 is 0 Å². The number of halogens is 2. The molecule has 2 aromatic rings. The van der Waals surface area contributed by atoms with E-state index in [1.54, 1.807) is 12.3 Å². The molecule has 0 spiro atoms. The van der Waals surface area contributed by atoms with Crippen LogP contribution in [0.15, 0.2) is 18.5 Å². The minimum atomic E-state index is 0.239. The Hall–Kier alpha value is -1.13. The van der Waals surface area contributed by atoms with Crippen molar-refractivity contribution in [1.29, 1.82) is 0 Å². The van der Waals surface area contributed by atoms with E-state index in [1.165, 1.54) is 6.20 Å². The summed E-state index contributed by atoms with van der Waals surface area (Å²) in [5, 5.41) is 7.12. The fourth-order valence-electron chi connectivity index (χ4n) is 0.919. The Balaban J connectivity index is 2.52. The van der Waals surface area contributed by atoms with Gasteiger partial charge in [0.15, 0.2) is 5.82 Å². The molecule has 0 aromatic carbocycles. The van der Waals surface area contributed by atoms with E-state index in [0.29, 0.717) is 16.4 Å². The molecule has 0 bridgehead atoms. The van der Waals surface area contributed by atoms with Crippen LogP contribution in [0.3, 0.4) is 0 Å². The summed E-state index contributed by atoms with van der Waals surface area (Å²) in [6.45, 7) is 0. The molecule has 0 saturated heterocycles. The lowest BCUT2D eigenvalue weighted by atomic mass is 10.2. The minimum Gasteiger partial charge on any atom is -0.263 e. The van der Waals surface area contributed by atoms with Crippen LogP contribution in [-0.2, 0) is 0 Å². The Morgan fingerprint density at radius 3 is 2.77 bits per heavy atom.